The summed E-state index contributed by atoms with van der Waals surface area (Å²) in [6.45, 7) is 7.31. The molecule has 0 spiro atoms. The molecular weight excluding hydrogens is 224 g/mol. The molecule has 2 rings (SSSR count). The molecule has 0 bridgehead atoms. The van der Waals surface area contributed by atoms with Crippen molar-refractivity contribution in [1.82, 2.24) is 10.3 Å². The van der Waals surface area contributed by atoms with Crippen LogP contribution in [0.2, 0.25) is 0 Å². The van der Waals surface area contributed by atoms with Gasteiger partial charge in [0.1, 0.15) is 0 Å². The maximum atomic E-state index is 9.34. The van der Waals surface area contributed by atoms with Crippen LogP contribution in [0.1, 0.15) is 25.1 Å². The second-order valence-electron chi connectivity index (χ2n) is 5.19. The van der Waals surface area contributed by atoms with Gasteiger partial charge in [-0.25, -0.2) is 0 Å². The zero-order chi connectivity index (χ0) is 13.1. The minimum atomic E-state index is 0.151. The molecule has 1 atom stereocenters. The Labute approximate surface area is 108 Å². The summed E-state index contributed by atoms with van der Waals surface area (Å²) in [7, 11) is 0. The smallest absolute Gasteiger partial charge is 0.0587 e. The molecule has 1 heterocycles. The Morgan fingerprint density at radius 2 is 2.00 bits per heavy atom. The van der Waals surface area contributed by atoms with E-state index in [1.807, 2.05) is 6.07 Å². The largest absolute Gasteiger partial charge is 0.395 e. The average Bonchev–Trinajstić information content (AvgIpc) is 2.66. The van der Waals surface area contributed by atoms with Crippen molar-refractivity contribution >= 4 is 10.9 Å². The van der Waals surface area contributed by atoms with Crippen molar-refractivity contribution in [2.24, 2.45) is 5.92 Å². The Bertz CT molecular complexity index is 516. The lowest BCUT2D eigenvalue weighted by molar-refractivity contribution is 0.210. The standard InChI is InChI=1S/C15H22N2O/c1-10(2)15(9-18)16-8-13-11(3)17-14-7-5-4-6-12(13)14/h4-7,10,15-18H,8-9H2,1-3H3. The van der Waals surface area contributed by atoms with Crippen LogP contribution < -0.4 is 5.32 Å². The first-order valence-corrected chi connectivity index (χ1v) is 6.54. The average molecular weight is 246 g/mol. The first-order valence-electron chi connectivity index (χ1n) is 6.54. The van der Waals surface area contributed by atoms with E-state index in [9.17, 15) is 5.11 Å². The van der Waals surface area contributed by atoms with Crippen LogP contribution in [0.4, 0.5) is 0 Å². The van der Waals surface area contributed by atoms with Gasteiger partial charge in [0.05, 0.1) is 6.61 Å². The van der Waals surface area contributed by atoms with E-state index in [-0.39, 0.29) is 12.6 Å². The molecule has 3 heteroatoms. The summed E-state index contributed by atoms with van der Waals surface area (Å²) in [5.74, 6) is 0.431. The fourth-order valence-electron chi connectivity index (χ4n) is 2.31. The highest BCUT2D eigenvalue weighted by molar-refractivity contribution is 5.84. The van der Waals surface area contributed by atoms with Crippen molar-refractivity contribution in [1.29, 1.82) is 0 Å². The molecule has 0 aliphatic rings. The van der Waals surface area contributed by atoms with Crippen molar-refractivity contribution in [3.05, 3.63) is 35.5 Å². The number of aryl methyl sites for hydroxylation is 1. The van der Waals surface area contributed by atoms with Crippen LogP contribution in [0.3, 0.4) is 0 Å². The van der Waals surface area contributed by atoms with Gasteiger partial charge in [0, 0.05) is 29.2 Å². The predicted molar refractivity (Wildman–Crippen MR) is 75.6 cm³/mol. The van der Waals surface area contributed by atoms with E-state index < -0.39 is 0 Å². The minimum absolute atomic E-state index is 0.151. The number of H-pyrrole nitrogens is 1. The van der Waals surface area contributed by atoms with E-state index >= 15 is 0 Å². The summed E-state index contributed by atoms with van der Waals surface area (Å²) >= 11 is 0. The lowest BCUT2D eigenvalue weighted by Gasteiger charge is -2.20. The number of hydrogen-bond acceptors (Lipinski definition) is 2. The molecule has 1 aromatic carbocycles. The van der Waals surface area contributed by atoms with Gasteiger partial charge in [-0.05, 0) is 24.5 Å². The number of fused-ring (bicyclic) bond motifs is 1. The molecule has 0 amide bonds. The van der Waals surface area contributed by atoms with E-state index in [2.05, 4.69) is 49.3 Å². The van der Waals surface area contributed by atoms with Crippen molar-refractivity contribution in [2.75, 3.05) is 6.61 Å². The van der Waals surface area contributed by atoms with Crippen molar-refractivity contribution < 1.29 is 5.11 Å². The van der Waals surface area contributed by atoms with Gasteiger partial charge in [-0.3, -0.25) is 0 Å². The van der Waals surface area contributed by atoms with Crippen molar-refractivity contribution in [3.63, 3.8) is 0 Å². The lowest BCUT2D eigenvalue weighted by Crippen LogP contribution is -2.36. The number of nitrogens with one attached hydrogen (secondary N) is 2. The molecule has 0 aliphatic carbocycles. The van der Waals surface area contributed by atoms with Crippen molar-refractivity contribution in [3.8, 4) is 0 Å². The zero-order valence-corrected chi connectivity index (χ0v) is 11.3. The van der Waals surface area contributed by atoms with Gasteiger partial charge in [-0.15, -0.1) is 0 Å². The van der Waals surface area contributed by atoms with Crippen LogP contribution in [-0.4, -0.2) is 22.7 Å². The Hall–Kier alpha value is -1.32. The van der Waals surface area contributed by atoms with Crippen LogP contribution in [-0.2, 0) is 6.54 Å². The van der Waals surface area contributed by atoms with Gasteiger partial charge < -0.3 is 15.4 Å². The molecule has 1 unspecified atom stereocenters. The molecule has 0 saturated carbocycles. The normalized spacial score (nSPS) is 13.4. The summed E-state index contributed by atoms with van der Waals surface area (Å²) in [4.78, 5) is 3.40. The number of benzene rings is 1. The summed E-state index contributed by atoms with van der Waals surface area (Å²) in [5.41, 5.74) is 3.67. The van der Waals surface area contributed by atoms with Crippen LogP contribution in [0.5, 0.6) is 0 Å². The van der Waals surface area contributed by atoms with Gasteiger partial charge in [-0.1, -0.05) is 32.0 Å². The summed E-state index contributed by atoms with van der Waals surface area (Å²) in [6.07, 6.45) is 0. The molecule has 0 saturated heterocycles. The third kappa shape index (κ3) is 2.57. The fraction of sp³-hybridized carbons (Fsp3) is 0.467. The van der Waals surface area contributed by atoms with Crippen LogP contribution in [0.15, 0.2) is 24.3 Å². The molecule has 18 heavy (non-hydrogen) atoms. The second-order valence-corrected chi connectivity index (χ2v) is 5.19. The van der Waals surface area contributed by atoms with Gasteiger partial charge in [0.25, 0.3) is 0 Å². The van der Waals surface area contributed by atoms with Crippen LogP contribution in [0.25, 0.3) is 10.9 Å². The number of para-hydroxylation sites is 1. The molecule has 98 valence electrons. The predicted octanol–water partition coefficient (Wildman–Crippen LogP) is 2.58. The molecule has 0 aliphatic heterocycles. The Kier molecular flexibility index (Phi) is 4.04. The van der Waals surface area contributed by atoms with Gasteiger partial charge in [0.2, 0.25) is 0 Å². The number of aliphatic hydroxyl groups excluding tert-OH is 1. The third-order valence-electron chi connectivity index (χ3n) is 3.57. The number of aromatic nitrogens is 1. The van der Waals surface area contributed by atoms with Gasteiger partial charge in [-0.2, -0.15) is 0 Å². The number of rotatable bonds is 5. The van der Waals surface area contributed by atoms with E-state index in [0.29, 0.717) is 5.92 Å². The van der Waals surface area contributed by atoms with Gasteiger partial charge >= 0.3 is 0 Å². The Morgan fingerprint density at radius 3 is 2.67 bits per heavy atom. The van der Waals surface area contributed by atoms with Crippen LogP contribution in [0, 0.1) is 12.8 Å². The van der Waals surface area contributed by atoms with Crippen LogP contribution >= 0.6 is 0 Å². The highest BCUT2D eigenvalue weighted by atomic mass is 16.3. The highest BCUT2D eigenvalue weighted by Crippen LogP contribution is 2.21. The Morgan fingerprint density at radius 1 is 1.28 bits per heavy atom. The molecule has 1 aromatic heterocycles. The zero-order valence-electron chi connectivity index (χ0n) is 11.3. The van der Waals surface area contributed by atoms with E-state index in [1.165, 1.54) is 22.2 Å². The Balaban J connectivity index is 2.19. The maximum absolute atomic E-state index is 9.34. The highest BCUT2D eigenvalue weighted by Gasteiger charge is 2.13. The monoisotopic (exact) mass is 246 g/mol. The summed E-state index contributed by atoms with van der Waals surface area (Å²) in [5, 5.41) is 14.0. The summed E-state index contributed by atoms with van der Waals surface area (Å²) < 4.78 is 0. The number of aliphatic hydroxyl groups is 1. The van der Waals surface area contributed by atoms with E-state index in [0.717, 1.165) is 6.54 Å². The molecule has 0 fully saturated rings. The molecule has 2 aromatic rings. The maximum Gasteiger partial charge on any atom is 0.0587 e. The number of hydrogen-bond donors (Lipinski definition) is 3. The molecule has 3 nitrogen and oxygen atoms in total. The van der Waals surface area contributed by atoms with E-state index in [4.69, 9.17) is 0 Å². The lowest BCUT2D eigenvalue weighted by atomic mass is 10.0. The first-order chi connectivity index (χ1) is 8.63. The molecule has 0 radical (unpaired) electrons. The second kappa shape index (κ2) is 5.55. The first kappa shape index (κ1) is 13.1. The fourth-order valence-corrected chi connectivity index (χ4v) is 2.31. The van der Waals surface area contributed by atoms with E-state index in [1.54, 1.807) is 0 Å². The quantitative estimate of drug-likeness (QED) is 0.759. The summed E-state index contributed by atoms with van der Waals surface area (Å²) in [6, 6.07) is 8.49. The molecular formula is C15H22N2O. The SMILES string of the molecule is Cc1[nH]c2ccccc2c1CNC(CO)C(C)C. The minimum Gasteiger partial charge on any atom is -0.395 e. The topological polar surface area (TPSA) is 48.0 Å². The van der Waals surface area contributed by atoms with Crippen molar-refractivity contribution in [2.45, 2.75) is 33.4 Å². The van der Waals surface area contributed by atoms with Gasteiger partial charge in [0.15, 0.2) is 0 Å². The number of aromatic amines is 1. The third-order valence-corrected chi connectivity index (χ3v) is 3.57. The molecule has 3 N–H and O–H groups in total.